The first-order valence-corrected chi connectivity index (χ1v) is 4.49. The maximum Gasteiger partial charge on any atom is 0.144 e. The summed E-state index contributed by atoms with van der Waals surface area (Å²) < 4.78 is 2.30. The van der Waals surface area contributed by atoms with E-state index in [1.54, 1.807) is 0 Å². The highest BCUT2D eigenvalue weighted by atomic mass is 28.2. The Balaban J connectivity index is 2.60. The van der Waals surface area contributed by atoms with E-state index in [-0.39, 0.29) is 0 Å². The van der Waals surface area contributed by atoms with Gasteiger partial charge in [-0.05, 0) is 26.7 Å². The molecule has 0 bridgehead atoms. The summed E-state index contributed by atoms with van der Waals surface area (Å²) in [5, 5.41) is 0. The largest absolute Gasteiger partial charge is 0.319 e. The van der Waals surface area contributed by atoms with Gasteiger partial charge in [0, 0.05) is 11.6 Å². The highest BCUT2D eigenvalue weighted by Crippen LogP contribution is 2.28. The maximum atomic E-state index is 3.66. The number of hydrogen-bond donors (Lipinski definition) is 0. The van der Waals surface area contributed by atoms with Crippen LogP contribution in [-0.2, 0) is 0 Å². The quantitative estimate of drug-likeness (QED) is 0.480. The Hall–Kier alpha value is 0.177. The molecule has 0 aromatic heterocycles. The second-order valence-corrected chi connectivity index (χ2v) is 4.41. The van der Waals surface area contributed by atoms with Crippen molar-refractivity contribution in [2.75, 3.05) is 0 Å². The predicted octanol–water partition coefficient (Wildman–Crippen LogP) is 1.72. The molecule has 1 aliphatic heterocycles. The van der Waals surface area contributed by atoms with Crippen molar-refractivity contribution in [3.8, 4) is 0 Å². The number of nitrogens with zero attached hydrogens (tertiary/aromatic N) is 1. The SMILES string of the molecule is CC1CCCC(C)(C)N1[Si]. The first-order chi connectivity index (χ1) is 4.54. The number of piperidine rings is 1. The Morgan fingerprint density at radius 1 is 1.50 bits per heavy atom. The van der Waals surface area contributed by atoms with Crippen LogP contribution in [0.4, 0.5) is 0 Å². The van der Waals surface area contributed by atoms with Gasteiger partial charge in [0.05, 0.1) is 0 Å². The van der Waals surface area contributed by atoms with Gasteiger partial charge in [-0.25, -0.2) is 0 Å². The van der Waals surface area contributed by atoms with Crippen LogP contribution in [0.5, 0.6) is 0 Å². The lowest BCUT2D eigenvalue weighted by molar-refractivity contribution is 0.124. The van der Waals surface area contributed by atoms with Gasteiger partial charge in [-0.3, -0.25) is 0 Å². The first-order valence-electron chi connectivity index (χ1n) is 4.04. The van der Waals surface area contributed by atoms with Crippen LogP contribution in [0.25, 0.3) is 0 Å². The fourth-order valence-corrected chi connectivity index (χ4v) is 1.92. The molecule has 0 aliphatic carbocycles. The predicted molar refractivity (Wildman–Crippen MR) is 45.0 cm³/mol. The lowest BCUT2D eigenvalue weighted by Gasteiger charge is -2.44. The van der Waals surface area contributed by atoms with Gasteiger partial charge in [-0.15, -0.1) is 0 Å². The summed E-state index contributed by atoms with van der Waals surface area (Å²) >= 11 is 0. The molecular formula is C8H16NSi. The lowest BCUT2D eigenvalue weighted by Crippen LogP contribution is -2.50. The highest BCUT2D eigenvalue weighted by Gasteiger charge is 2.30. The van der Waals surface area contributed by atoms with Crippen LogP contribution < -0.4 is 0 Å². The van der Waals surface area contributed by atoms with Crippen LogP contribution in [0.15, 0.2) is 0 Å². The minimum Gasteiger partial charge on any atom is -0.319 e. The normalized spacial score (nSPS) is 34.2. The van der Waals surface area contributed by atoms with Crippen LogP contribution >= 0.6 is 0 Å². The Morgan fingerprint density at radius 2 is 2.10 bits per heavy atom. The average molecular weight is 154 g/mol. The van der Waals surface area contributed by atoms with E-state index in [9.17, 15) is 0 Å². The fraction of sp³-hybridized carbons (Fsp3) is 1.00. The van der Waals surface area contributed by atoms with E-state index in [1.807, 2.05) is 0 Å². The van der Waals surface area contributed by atoms with Crippen molar-refractivity contribution >= 4 is 10.4 Å². The van der Waals surface area contributed by atoms with Gasteiger partial charge in [-0.2, -0.15) is 0 Å². The summed E-state index contributed by atoms with van der Waals surface area (Å²) in [6, 6.07) is 0.695. The smallest absolute Gasteiger partial charge is 0.144 e. The van der Waals surface area contributed by atoms with E-state index < -0.39 is 0 Å². The Morgan fingerprint density at radius 3 is 2.50 bits per heavy atom. The van der Waals surface area contributed by atoms with Gasteiger partial charge in [-0.1, -0.05) is 13.3 Å². The maximum absolute atomic E-state index is 3.66. The van der Waals surface area contributed by atoms with Crippen molar-refractivity contribution in [2.45, 2.75) is 51.6 Å². The van der Waals surface area contributed by atoms with Crippen molar-refractivity contribution < 1.29 is 0 Å². The summed E-state index contributed by atoms with van der Waals surface area (Å²) in [6.45, 7) is 6.85. The molecule has 0 amide bonds. The van der Waals surface area contributed by atoms with Crippen molar-refractivity contribution in [1.29, 1.82) is 0 Å². The van der Waals surface area contributed by atoms with Gasteiger partial charge >= 0.3 is 0 Å². The van der Waals surface area contributed by atoms with E-state index >= 15 is 0 Å². The fourth-order valence-electron chi connectivity index (χ4n) is 1.68. The standard InChI is InChI=1S/C8H16NSi/c1-7-5-4-6-8(2,3)9(7)10/h7H,4-6H2,1-3H3. The zero-order valence-corrected chi connectivity index (χ0v) is 8.15. The lowest BCUT2D eigenvalue weighted by atomic mass is 9.90. The number of hydrogen-bond acceptors (Lipinski definition) is 1. The summed E-state index contributed by atoms with van der Waals surface area (Å²) in [4.78, 5) is 0. The van der Waals surface area contributed by atoms with Crippen LogP contribution in [-0.4, -0.2) is 26.6 Å². The zero-order valence-electron chi connectivity index (χ0n) is 7.15. The van der Waals surface area contributed by atoms with Crippen molar-refractivity contribution in [3.63, 3.8) is 0 Å². The average Bonchev–Trinajstić information content (AvgIpc) is 1.83. The van der Waals surface area contributed by atoms with E-state index in [4.69, 9.17) is 0 Å². The molecule has 0 spiro atoms. The molecule has 1 aliphatic rings. The third kappa shape index (κ3) is 1.43. The molecule has 2 heteroatoms. The van der Waals surface area contributed by atoms with Crippen molar-refractivity contribution in [3.05, 3.63) is 0 Å². The minimum atomic E-state index is 0.356. The third-order valence-electron chi connectivity index (χ3n) is 2.50. The van der Waals surface area contributed by atoms with Crippen molar-refractivity contribution in [2.24, 2.45) is 0 Å². The Kier molecular flexibility index (Phi) is 2.20. The number of rotatable bonds is 0. The summed E-state index contributed by atoms with van der Waals surface area (Å²) in [5.74, 6) is 0. The molecule has 57 valence electrons. The molecule has 0 saturated carbocycles. The second kappa shape index (κ2) is 2.66. The molecule has 1 nitrogen and oxygen atoms in total. The summed E-state index contributed by atoms with van der Waals surface area (Å²) in [7, 11) is 3.66. The molecule has 1 atom stereocenters. The minimum absolute atomic E-state index is 0.356. The summed E-state index contributed by atoms with van der Waals surface area (Å²) in [6.07, 6.45) is 4.00. The van der Waals surface area contributed by atoms with Crippen LogP contribution in [0.3, 0.4) is 0 Å². The molecule has 1 unspecified atom stereocenters. The molecule has 3 radical (unpaired) electrons. The van der Waals surface area contributed by atoms with E-state index in [2.05, 4.69) is 35.7 Å². The van der Waals surface area contributed by atoms with Gasteiger partial charge in [0.2, 0.25) is 0 Å². The van der Waals surface area contributed by atoms with Crippen LogP contribution in [0.1, 0.15) is 40.0 Å². The molecule has 1 fully saturated rings. The topological polar surface area (TPSA) is 3.24 Å². The van der Waals surface area contributed by atoms with Gasteiger partial charge in [0.1, 0.15) is 10.4 Å². The Bertz CT molecular complexity index is 122. The van der Waals surface area contributed by atoms with Gasteiger partial charge in [0.15, 0.2) is 0 Å². The Labute approximate surface area is 67.3 Å². The van der Waals surface area contributed by atoms with Crippen molar-refractivity contribution in [1.82, 2.24) is 4.57 Å². The van der Waals surface area contributed by atoms with Gasteiger partial charge in [0.25, 0.3) is 0 Å². The van der Waals surface area contributed by atoms with Crippen LogP contribution in [0.2, 0.25) is 0 Å². The molecule has 0 aromatic carbocycles. The molecule has 1 heterocycles. The van der Waals surface area contributed by atoms with E-state index in [1.165, 1.54) is 19.3 Å². The molecule has 0 N–H and O–H groups in total. The molecule has 0 aromatic rings. The second-order valence-electron chi connectivity index (χ2n) is 3.92. The molecule has 10 heavy (non-hydrogen) atoms. The van der Waals surface area contributed by atoms with E-state index in [0.717, 1.165) is 0 Å². The van der Waals surface area contributed by atoms with Crippen LogP contribution in [0, 0.1) is 0 Å². The summed E-state index contributed by atoms with van der Waals surface area (Å²) in [5.41, 5.74) is 0.356. The molecular weight excluding hydrogens is 138 g/mol. The highest BCUT2D eigenvalue weighted by molar-refractivity contribution is 6.05. The third-order valence-corrected chi connectivity index (χ3v) is 3.55. The van der Waals surface area contributed by atoms with E-state index in [0.29, 0.717) is 11.6 Å². The van der Waals surface area contributed by atoms with Gasteiger partial charge < -0.3 is 4.57 Å². The molecule has 1 saturated heterocycles. The monoisotopic (exact) mass is 154 g/mol. The zero-order chi connectivity index (χ0) is 7.78. The molecule has 1 rings (SSSR count). The first kappa shape index (κ1) is 8.28.